The molecular formula is C18H19F2NO3S. The predicted molar refractivity (Wildman–Crippen MR) is 90.5 cm³/mol. The van der Waals surface area contributed by atoms with Gasteiger partial charge in [0.2, 0.25) is 5.91 Å². The number of nitrogens with zero attached hydrogens (tertiary/aromatic N) is 1. The molecule has 0 aliphatic heterocycles. The number of rotatable bonds is 6. The Morgan fingerprint density at radius 2 is 1.72 bits per heavy atom. The van der Waals surface area contributed by atoms with Gasteiger partial charge in [0.05, 0.1) is 4.90 Å². The minimum absolute atomic E-state index is 0.108. The summed E-state index contributed by atoms with van der Waals surface area (Å²) in [4.78, 5) is 13.9. The van der Waals surface area contributed by atoms with Crippen LogP contribution in [-0.4, -0.2) is 31.0 Å². The van der Waals surface area contributed by atoms with Crippen LogP contribution in [0.25, 0.3) is 0 Å². The highest BCUT2D eigenvalue weighted by Gasteiger charge is 2.32. The van der Waals surface area contributed by atoms with Crippen LogP contribution in [0.1, 0.15) is 19.4 Å². The molecule has 25 heavy (non-hydrogen) atoms. The first-order valence-electron chi connectivity index (χ1n) is 7.78. The lowest BCUT2D eigenvalue weighted by molar-refractivity contribution is -0.130. The molecule has 134 valence electrons. The maximum atomic E-state index is 13.3. The Kier molecular flexibility index (Phi) is 5.89. The van der Waals surface area contributed by atoms with E-state index < -0.39 is 32.6 Å². The van der Waals surface area contributed by atoms with Gasteiger partial charge in [-0.2, -0.15) is 0 Å². The second-order valence-electron chi connectivity index (χ2n) is 5.62. The van der Waals surface area contributed by atoms with E-state index in [2.05, 4.69) is 0 Å². The molecular weight excluding hydrogens is 348 g/mol. The van der Waals surface area contributed by atoms with Crippen molar-refractivity contribution in [2.75, 3.05) is 6.54 Å². The van der Waals surface area contributed by atoms with Crippen LogP contribution in [0.4, 0.5) is 8.78 Å². The van der Waals surface area contributed by atoms with Crippen molar-refractivity contribution in [1.82, 2.24) is 4.90 Å². The normalized spacial score (nSPS) is 12.6. The fourth-order valence-corrected chi connectivity index (χ4v) is 3.76. The number of carbonyl (C=O) groups excluding carboxylic acids is 1. The number of amides is 1. The van der Waals surface area contributed by atoms with Crippen molar-refractivity contribution in [3.8, 4) is 0 Å². The maximum Gasteiger partial charge on any atom is 0.241 e. The first kappa shape index (κ1) is 19.1. The van der Waals surface area contributed by atoms with Crippen LogP contribution >= 0.6 is 0 Å². The molecule has 1 amide bonds. The number of carbonyl (C=O) groups is 1. The molecule has 4 nitrogen and oxygen atoms in total. The minimum atomic E-state index is -3.94. The fraction of sp³-hybridized carbons (Fsp3) is 0.278. The Morgan fingerprint density at radius 3 is 2.28 bits per heavy atom. The first-order chi connectivity index (χ1) is 11.8. The molecule has 2 aromatic rings. The van der Waals surface area contributed by atoms with Crippen molar-refractivity contribution in [3.63, 3.8) is 0 Å². The van der Waals surface area contributed by atoms with Gasteiger partial charge in [-0.05, 0) is 55.8 Å². The summed E-state index contributed by atoms with van der Waals surface area (Å²) < 4.78 is 51.4. The van der Waals surface area contributed by atoms with Crippen molar-refractivity contribution >= 4 is 15.7 Å². The highest BCUT2D eigenvalue weighted by Crippen LogP contribution is 2.19. The van der Waals surface area contributed by atoms with Gasteiger partial charge in [-0.1, -0.05) is 12.1 Å². The number of sulfone groups is 1. The summed E-state index contributed by atoms with van der Waals surface area (Å²) in [5.41, 5.74) is 0.571. The quantitative estimate of drug-likeness (QED) is 0.737. The number of halogens is 2. The third-order valence-electron chi connectivity index (χ3n) is 3.91. The minimum Gasteiger partial charge on any atom is -0.338 e. The molecule has 0 aromatic heterocycles. The van der Waals surface area contributed by atoms with E-state index in [1.807, 2.05) is 0 Å². The summed E-state index contributed by atoms with van der Waals surface area (Å²) in [5.74, 6) is -1.57. The van der Waals surface area contributed by atoms with Gasteiger partial charge in [-0.15, -0.1) is 0 Å². The lowest BCUT2D eigenvalue weighted by Gasteiger charge is -2.24. The Hall–Kier alpha value is -2.28. The molecule has 1 atom stereocenters. The lowest BCUT2D eigenvalue weighted by atomic mass is 10.2. The lowest BCUT2D eigenvalue weighted by Crippen LogP contribution is -2.41. The Bertz CT molecular complexity index is 851. The van der Waals surface area contributed by atoms with Crippen molar-refractivity contribution < 1.29 is 22.0 Å². The summed E-state index contributed by atoms with van der Waals surface area (Å²) in [6.07, 6.45) is 0. The zero-order valence-corrected chi connectivity index (χ0v) is 14.8. The smallest absolute Gasteiger partial charge is 0.241 e. The summed E-state index contributed by atoms with van der Waals surface area (Å²) in [6, 6.07) is 10.1. The van der Waals surface area contributed by atoms with Crippen LogP contribution in [0.5, 0.6) is 0 Å². The summed E-state index contributed by atoms with van der Waals surface area (Å²) in [5, 5.41) is -1.33. The van der Waals surface area contributed by atoms with Crippen molar-refractivity contribution in [2.24, 2.45) is 0 Å². The fourth-order valence-electron chi connectivity index (χ4n) is 2.42. The average Bonchev–Trinajstić information content (AvgIpc) is 2.58. The average molecular weight is 367 g/mol. The van der Waals surface area contributed by atoms with E-state index in [4.69, 9.17) is 0 Å². The van der Waals surface area contributed by atoms with Gasteiger partial charge in [0.1, 0.15) is 16.9 Å². The Balaban J connectivity index is 2.22. The van der Waals surface area contributed by atoms with Gasteiger partial charge in [-0.25, -0.2) is 17.2 Å². The van der Waals surface area contributed by atoms with Gasteiger partial charge >= 0.3 is 0 Å². The second kappa shape index (κ2) is 7.74. The van der Waals surface area contributed by atoms with Crippen LogP contribution in [0.15, 0.2) is 53.4 Å². The van der Waals surface area contributed by atoms with Crippen molar-refractivity contribution in [1.29, 1.82) is 0 Å². The summed E-state index contributed by atoms with van der Waals surface area (Å²) in [7, 11) is -3.94. The van der Waals surface area contributed by atoms with E-state index in [1.54, 1.807) is 13.0 Å². The molecule has 2 rings (SSSR count). The van der Waals surface area contributed by atoms with E-state index >= 15 is 0 Å². The highest BCUT2D eigenvalue weighted by atomic mass is 32.2. The molecule has 0 aliphatic carbocycles. The van der Waals surface area contributed by atoms with E-state index in [0.29, 0.717) is 5.56 Å². The predicted octanol–water partition coefficient (Wildman–Crippen LogP) is 3.18. The summed E-state index contributed by atoms with van der Waals surface area (Å²) >= 11 is 0. The zero-order chi connectivity index (χ0) is 18.6. The molecule has 0 N–H and O–H groups in total. The molecule has 0 radical (unpaired) electrons. The van der Waals surface area contributed by atoms with Gasteiger partial charge in [0.25, 0.3) is 0 Å². The van der Waals surface area contributed by atoms with Crippen molar-refractivity contribution in [2.45, 2.75) is 30.5 Å². The van der Waals surface area contributed by atoms with Crippen LogP contribution in [0, 0.1) is 11.6 Å². The zero-order valence-electron chi connectivity index (χ0n) is 13.9. The third kappa shape index (κ3) is 4.42. The van der Waals surface area contributed by atoms with Gasteiger partial charge in [0.15, 0.2) is 9.84 Å². The van der Waals surface area contributed by atoms with E-state index in [-0.39, 0.29) is 18.0 Å². The van der Waals surface area contributed by atoms with Crippen LogP contribution < -0.4 is 0 Å². The topological polar surface area (TPSA) is 54.5 Å². The second-order valence-corrected chi connectivity index (χ2v) is 7.89. The molecule has 0 saturated carbocycles. The van der Waals surface area contributed by atoms with Crippen LogP contribution in [0.3, 0.4) is 0 Å². The monoisotopic (exact) mass is 367 g/mol. The Morgan fingerprint density at radius 1 is 1.08 bits per heavy atom. The van der Waals surface area contributed by atoms with E-state index in [0.717, 1.165) is 24.3 Å². The molecule has 2 aromatic carbocycles. The molecule has 0 bridgehead atoms. The molecule has 0 saturated heterocycles. The number of hydrogen-bond acceptors (Lipinski definition) is 3. The number of benzene rings is 2. The van der Waals surface area contributed by atoms with E-state index in [1.165, 1.54) is 30.0 Å². The molecule has 0 aliphatic rings. The SMILES string of the molecule is CCN(Cc1cccc(F)c1)C(=O)C(C)S(=O)(=O)c1ccc(F)cc1. The first-order valence-corrected chi connectivity index (χ1v) is 9.33. The van der Waals surface area contributed by atoms with Crippen LogP contribution in [-0.2, 0) is 21.2 Å². The van der Waals surface area contributed by atoms with Crippen LogP contribution in [0.2, 0.25) is 0 Å². The molecule has 1 unspecified atom stereocenters. The largest absolute Gasteiger partial charge is 0.338 e. The maximum absolute atomic E-state index is 13.3. The standard InChI is InChI=1S/C18H19F2NO3S/c1-3-21(12-14-5-4-6-16(20)11-14)18(22)13(2)25(23,24)17-9-7-15(19)8-10-17/h4-11,13H,3,12H2,1-2H3. The van der Waals surface area contributed by atoms with Gasteiger partial charge in [-0.3, -0.25) is 4.79 Å². The highest BCUT2D eigenvalue weighted by molar-refractivity contribution is 7.92. The Labute approximate surface area is 146 Å². The van der Waals surface area contributed by atoms with Gasteiger partial charge in [0, 0.05) is 13.1 Å². The number of hydrogen-bond donors (Lipinski definition) is 0. The molecule has 0 spiro atoms. The summed E-state index contributed by atoms with van der Waals surface area (Å²) in [6.45, 7) is 3.40. The third-order valence-corrected chi connectivity index (χ3v) is 5.97. The molecule has 0 fully saturated rings. The van der Waals surface area contributed by atoms with Gasteiger partial charge < -0.3 is 4.90 Å². The van der Waals surface area contributed by atoms with E-state index in [9.17, 15) is 22.0 Å². The van der Waals surface area contributed by atoms with Crippen molar-refractivity contribution in [3.05, 3.63) is 65.7 Å². The molecule has 7 heteroatoms. The molecule has 0 heterocycles.